The minimum Gasteiger partial charge on any atom is -0.383 e. The fourth-order valence-corrected chi connectivity index (χ4v) is 3.40. The van der Waals surface area contributed by atoms with Gasteiger partial charge >= 0.3 is 0 Å². The van der Waals surface area contributed by atoms with E-state index in [1.807, 2.05) is 0 Å². The van der Waals surface area contributed by atoms with Crippen molar-refractivity contribution < 1.29 is 4.74 Å². The Balaban J connectivity index is 2.74. The lowest BCUT2D eigenvalue weighted by molar-refractivity contribution is -0.0170. The molecule has 1 aliphatic rings. The Bertz CT molecular complexity index is 242. The first-order valence-corrected chi connectivity index (χ1v) is 6.78. The van der Waals surface area contributed by atoms with E-state index >= 15 is 0 Å². The SMILES string of the molecule is COCCN(C)C1(CN)CCC(C)(C)CC1C. The molecule has 0 amide bonds. The zero-order valence-corrected chi connectivity index (χ0v) is 12.3. The lowest BCUT2D eigenvalue weighted by Crippen LogP contribution is -2.60. The molecular formula is C14H30N2O. The van der Waals surface area contributed by atoms with Crippen molar-refractivity contribution in [1.82, 2.24) is 4.90 Å². The third kappa shape index (κ3) is 3.21. The molecule has 1 rings (SSSR count). The number of methoxy groups -OCH3 is 1. The van der Waals surface area contributed by atoms with Crippen molar-refractivity contribution in [2.75, 3.05) is 33.9 Å². The highest BCUT2D eigenvalue weighted by Gasteiger charge is 2.45. The molecular weight excluding hydrogens is 212 g/mol. The van der Waals surface area contributed by atoms with E-state index in [2.05, 4.69) is 32.7 Å². The number of nitrogens with zero attached hydrogens (tertiary/aromatic N) is 1. The van der Waals surface area contributed by atoms with Crippen LogP contribution in [0.3, 0.4) is 0 Å². The van der Waals surface area contributed by atoms with Crippen LogP contribution in [0.5, 0.6) is 0 Å². The van der Waals surface area contributed by atoms with Crippen LogP contribution in [0.2, 0.25) is 0 Å². The molecule has 1 fully saturated rings. The number of hydrogen-bond acceptors (Lipinski definition) is 3. The standard InChI is InChI=1S/C14H30N2O/c1-12-10-13(2,3)6-7-14(12,11-15)16(4)8-9-17-5/h12H,6-11,15H2,1-5H3. The molecule has 0 aliphatic heterocycles. The molecule has 1 aliphatic carbocycles. The second kappa shape index (κ2) is 5.68. The Morgan fingerprint density at radius 2 is 2.00 bits per heavy atom. The zero-order valence-electron chi connectivity index (χ0n) is 12.3. The van der Waals surface area contributed by atoms with Gasteiger partial charge in [0.1, 0.15) is 0 Å². The van der Waals surface area contributed by atoms with Gasteiger partial charge in [0.15, 0.2) is 0 Å². The second-order valence-corrected chi connectivity index (χ2v) is 6.49. The first-order valence-electron chi connectivity index (χ1n) is 6.78. The summed E-state index contributed by atoms with van der Waals surface area (Å²) in [4.78, 5) is 2.43. The van der Waals surface area contributed by atoms with Crippen molar-refractivity contribution in [3.8, 4) is 0 Å². The number of rotatable bonds is 5. The molecule has 17 heavy (non-hydrogen) atoms. The number of nitrogens with two attached hydrogens (primary N) is 1. The van der Waals surface area contributed by atoms with Crippen molar-refractivity contribution in [3.63, 3.8) is 0 Å². The van der Waals surface area contributed by atoms with Crippen molar-refractivity contribution in [2.45, 2.75) is 45.6 Å². The Hall–Kier alpha value is -0.120. The number of hydrogen-bond donors (Lipinski definition) is 1. The predicted molar refractivity (Wildman–Crippen MR) is 73.1 cm³/mol. The average molecular weight is 242 g/mol. The summed E-state index contributed by atoms with van der Waals surface area (Å²) in [6, 6.07) is 0. The third-order valence-corrected chi connectivity index (χ3v) is 4.76. The first-order chi connectivity index (χ1) is 7.88. The van der Waals surface area contributed by atoms with Gasteiger partial charge in [-0.1, -0.05) is 20.8 Å². The third-order valence-electron chi connectivity index (χ3n) is 4.76. The maximum absolute atomic E-state index is 6.11. The summed E-state index contributed by atoms with van der Waals surface area (Å²) in [5.74, 6) is 0.651. The Morgan fingerprint density at radius 1 is 1.35 bits per heavy atom. The van der Waals surface area contributed by atoms with Crippen molar-refractivity contribution in [2.24, 2.45) is 17.1 Å². The van der Waals surface area contributed by atoms with Gasteiger partial charge in [-0.15, -0.1) is 0 Å². The Labute approximate surface area is 107 Å². The van der Waals surface area contributed by atoms with E-state index in [9.17, 15) is 0 Å². The molecule has 0 heterocycles. The predicted octanol–water partition coefficient (Wildman–Crippen LogP) is 2.11. The molecule has 0 aromatic heterocycles. The molecule has 3 nitrogen and oxygen atoms in total. The molecule has 3 heteroatoms. The molecule has 1 saturated carbocycles. The molecule has 2 N–H and O–H groups in total. The monoisotopic (exact) mass is 242 g/mol. The highest BCUT2D eigenvalue weighted by atomic mass is 16.5. The molecule has 0 bridgehead atoms. The molecule has 0 radical (unpaired) electrons. The van der Waals surface area contributed by atoms with Crippen LogP contribution in [0.4, 0.5) is 0 Å². The molecule has 2 atom stereocenters. The zero-order chi connectivity index (χ0) is 13.1. The van der Waals surface area contributed by atoms with Crippen molar-refractivity contribution in [3.05, 3.63) is 0 Å². The smallest absolute Gasteiger partial charge is 0.0589 e. The van der Waals surface area contributed by atoms with E-state index in [1.54, 1.807) is 7.11 Å². The first kappa shape index (κ1) is 14.9. The van der Waals surface area contributed by atoms with Gasteiger partial charge in [-0.05, 0) is 37.6 Å². The van der Waals surface area contributed by atoms with Gasteiger partial charge in [0.25, 0.3) is 0 Å². The molecule has 102 valence electrons. The fourth-order valence-electron chi connectivity index (χ4n) is 3.40. The van der Waals surface area contributed by atoms with E-state index in [0.717, 1.165) is 19.7 Å². The Kier molecular flexibility index (Phi) is 4.99. The largest absolute Gasteiger partial charge is 0.383 e. The molecule has 0 spiro atoms. The fraction of sp³-hybridized carbons (Fsp3) is 1.00. The van der Waals surface area contributed by atoms with Crippen molar-refractivity contribution in [1.29, 1.82) is 0 Å². The quantitative estimate of drug-likeness (QED) is 0.802. The second-order valence-electron chi connectivity index (χ2n) is 6.49. The highest BCUT2D eigenvalue weighted by molar-refractivity contribution is 5.01. The summed E-state index contributed by atoms with van der Waals surface area (Å²) in [6.45, 7) is 9.62. The van der Waals surface area contributed by atoms with Crippen molar-refractivity contribution >= 4 is 0 Å². The molecule has 2 unspecified atom stereocenters. The van der Waals surface area contributed by atoms with E-state index in [1.165, 1.54) is 19.3 Å². The summed E-state index contributed by atoms with van der Waals surface area (Å²) >= 11 is 0. The lowest BCUT2D eigenvalue weighted by Gasteiger charge is -2.52. The molecule has 0 aromatic rings. The minimum absolute atomic E-state index is 0.175. The van der Waals surface area contributed by atoms with Gasteiger partial charge in [-0.2, -0.15) is 0 Å². The van der Waals surface area contributed by atoms with E-state index < -0.39 is 0 Å². The highest BCUT2D eigenvalue weighted by Crippen LogP contribution is 2.45. The van der Waals surface area contributed by atoms with Crippen LogP contribution in [0.1, 0.15) is 40.0 Å². The lowest BCUT2D eigenvalue weighted by atomic mass is 9.63. The van der Waals surface area contributed by atoms with Crippen LogP contribution in [-0.2, 0) is 4.74 Å². The van der Waals surface area contributed by atoms with Crippen LogP contribution < -0.4 is 5.73 Å². The van der Waals surface area contributed by atoms with Crippen LogP contribution in [0, 0.1) is 11.3 Å². The van der Waals surface area contributed by atoms with Gasteiger partial charge in [-0.25, -0.2) is 0 Å². The summed E-state index contributed by atoms with van der Waals surface area (Å²) < 4.78 is 5.19. The van der Waals surface area contributed by atoms with Gasteiger partial charge in [0.2, 0.25) is 0 Å². The summed E-state index contributed by atoms with van der Waals surface area (Å²) in [7, 11) is 3.96. The Morgan fingerprint density at radius 3 is 2.47 bits per heavy atom. The number of ether oxygens (including phenoxy) is 1. The summed E-state index contributed by atoms with van der Waals surface area (Å²) in [5, 5.41) is 0. The van der Waals surface area contributed by atoms with Crippen LogP contribution in [0.25, 0.3) is 0 Å². The van der Waals surface area contributed by atoms with Crippen LogP contribution in [-0.4, -0.2) is 44.3 Å². The number of likely N-dealkylation sites (N-methyl/N-ethyl adjacent to an activating group) is 1. The van der Waals surface area contributed by atoms with Gasteiger partial charge in [-0.3, -0.25) is 4.90 Å². The maximum Gasteiger partial charge on any atom is 0.0589 e. The molecule has 0 aromatic carbocycles. The normalized spacial score (nSPS) is 33.0. The van der Waals surface area contributed by atoms with Gasteiger partial charge in [0, 0.05) is 25.7 Å². The van der Waals surface area contributed by atoms with E-state index in [0.29, 0.717) is 11.3 Å². The topological polar surface area (TPSA) is 38.5 Å². The van der Waals surface area contributed by atoms with E-state index in [4.69, 9.17) is 10.5 Å². The maximum atomic E-state index is 6.11. The van der Waals surface area contributed by atoms with Gasteiger partial charge < -0.3 is 10.5 Å². The molecule has 0 saturated heterocycles. The van der Waals surface area contributed by atoms with Crippen LogP contribution >= 0.6 is 0 Å². The van der Waals surface area contributed by atoms with E-state index in [-0.39, 0.29) is 5.54 Å². The average Bonchev–Trinajstić information content (AvgIpc) is 2.26. The summed E-state index contributed by atoms with van der Waals surface area (Å²) in [5.41, 5.74) is 6.75. The summed E-state index contributed by atoms with van der Waals surface area (Å²) in [6.07, 6.45) is 3.74. The van der Waals surface area contributed by atoms with Crippen LogP contribution in [0.15, 0.2) is 0 Å². The minimum atomic E-state index is 0.175. The van der Waals surface area contributed by atoms with Gasteiger partial charge in [0.05, 0.1) is 6.61 Å².